The van der Waals surface area contributed by atoms with E-state index in [1.54, 1.807) is 19.1 Å². The third kappa shape index (κ3) is 2.50. The fraction of sp³-hybridized carbons (Fsp3) is 0.250. The first-order valence-electron chi connectivity index (χ1n) is 6.51. The number of hydrogen-bond donors (Lipinski definition) is 2. The monoisotopic (exact) mass is 271 g/mol. The number of carboxylic acid groups (broad SMARTS) is 1. The summed E-state index contributed by atoms with van der Waals surface area (Å²) < 4.78 is 0. The first-order chi connectivity index (χ1) is 9.48. The molecule has 104 valence electrons. The summed E-state index contributed by atoms with van der Waals surface area (Å²) in [6.07, 6.45) is 0.318. The summed E-state index contributed by atoms with van der Waals surface area (Å²) in [4.78, 5) is 23.6. The Balaban J connectivity index is 2.40. The largest absolute Gasteiger partial charge is 0.480 e. The number of nitrogens with one attached hydrogen (secondary N) is 1. The summed E-state index contributed by atoms with van der Waals surface area (Å²) in [5.41, 5.74) is -0.766. The fourth-order valence-electron chi connectivity index (χ4n) is 2.03. The van der Waals surface area contributed by atoms with Crippen LogP contribution in [0.3, 0.4) is 0 Å². The zero-order valence-corrected chi connectivity index (χ0v) is 11.5. The quantitative estimate of drug-likeness (QED) is 0.898. The van der Waals surface area contributed by atoms with Gasteiger partial charge in [0.2, 0.25) is 0 Å². The maximum Gasteiger partial charge on any atom is 0.329 e. The van der Waals surface area contributed by atoms with E-state index in [-0.39, 0.29) is 5.91 Å². The van der Waals surface area contributed by atoms with Crippen molar-refractivity contribution in [1.82, 2.24) is 5.32 Å². The number of aliphatic carboxylic acids is 1. The average Bonchev–Trinajstić information content (AvgIpc) is 2.46. The number of benzene rings is 2. The lowest BCUT2D eigenvalue weighted by Crippen LogP contribution is -2.51. The molecule has 2 aromatic carbocycles. The number of carboxylic acids is 1. The normalized spacial score (nSPS) is 13.7. The number of carbonyl (C=O) groups excluding carboxylic acids is 1. The number of rotatable bonds is 4. The summed E-state index contributed by atoms with van der Waals surface area (Å²) in [5.74, 6) is -1.40. The van der Waals surface area contributed by atoms with Crippen molar-refractivity contribution >= 4 is 22.6 Å². The molecule has 2 N–H and O–H groups in total. The van der Waals surface area contributed by atoms with Crippen LogP contribution in [0.5, 0.6) is 0 Å². The lowest BCUT2D eigenvalue weighted by atomic mass is 9.97. The molecule has 0 fully saturated rings. The van der Waals surface area contributed by atoms with E-state index in [9.17, 15) is 14.7 Å². The van der Waals surface area contributed by atoms with Crippen LogP contribution in [0.15, 0.2) is 42.5 Å². The molecule has 0 aliphatic heterocycles. The summed E-state index contributed by atoms with van der Waals surface area (Å²) >= 11 is 0. The van der Waals surface area contributed by atoms with Crippen LogP contribution in [0.2, 0.25) is 0 Å². The predicted octanol–water partition coefficient (Wildman–Crippen LogP) is 2.82. The van der Waals surface area contributed by atoms with Crippen LogP contribution >= 0.6 is 0 Å². The molecule has 0 aliphatic rings. The number of amides is 1. The summed E-state index contributed by atoms with van der Waals surface area (Å²) in [5, 5.41) is 13.6. The molecule has 4 heteroatoms. The van der Waals surface area contributed by atoms with Gasteiger partial charge in [0.25, 0.3) is 5.91 Å². The third-order valence-electron chi connectivity index (χ3n) is 3.60. The van der Waals surface area contributed by atoms with Crippen molar-refractivity contribution in [3.63, 3.8) is 0 Å². The van der Waals surface area contributed by atoms with Crippen molar-refractivity contribution in [3.8, 4) is 0 Å². The molecule has 2 aromatic rings. The van der Waals surface area contributed by atoms with Crippen LogP contribution in [0, 0.1) is 0 Å². The van der Waals surface area contributed by atoms with E-state index in [1.807, 2.05) is 30.3 Å². The van der Waals surface area contributed by atoms with Crippen LogP contribution in [-0.4, -0.2) is 22.5 Å². The predicted molar refractivity (Wildman–Crippen MR) is 77.7 cm³/mol. The third-order valence-corrected chi connectivity index (χ3v) is 3.60. The van der Waals surface area contributed by atoms with Gasteiger partial charge in [0.15, 0.2) is 0 Å². The number of carbonyl (C=O) groups is 2. The molecule has 0 spiro atoms. The van der Waals surface area contributed by atoms with Gasteiger partial charge >= 0.3 is 5.97 Å². The molecule has 0 saturated heterocycles. The average molecular weight is 271 g/mol. The summed E-state index contributed by atoms with van der Waals surface area (Å²) in [7, 11) is 0. The van der Waals surface area contributed by atoms with Gasteiger partial charge < -0.3 is 10.4 Å². The molecule has 1 atom stereocenters. The van der Waals surface area contributed by atoms with Crippen molar-refractivity contribution < 1.29 is 14.7 Å². The molecule has 1 unspecified atom stereocenters. The lowest BCUT2D eigenvalue weighted by Gasteiger charge is -2.24. The Morgan fingerprint density at radius 2 is 1.80 bits per heavy atom. The highest BCUT2D eigenvalue weighted by atomic mass is 16.4. The van der Waals surface area contributed by atoms with Gasteiger partial charge in [-0.1, -0.05) is 43.3 Å². The Labute approximate surface area is 117 Å². The highest BCUT2D eigenvalue weighted by Crippen LogP contribution is 2.20. The van der Waals surface area contributed by atoms with Gasteiger partial charge in [0, 0.05) is 5.56 Å². The Morgan fingerprint density at radius 1 is 1.15 bits per heavy atom. The first kappa shape index (κ1) is 14.1. The Kier molecular flexibility index (Phi) is 3.74. The van der Waals surface area contributed by atoms with Crippen LogP contribution in [0.1, 0.15) is 30.6 Å². The Morgan fingerprint density at radius 3 is 2.45 bits per heavy atom. The van der Waals surface area contributed by atoms with Gasteiger partial charge in [-0.2, -0.15) is 0 Å². The maximum atomic E-state index is 12.4. The molecule has 20 heavy (non-hydrogen) atoms. The molecule has 1 amide bonds. The molecule has 2 rings (SSSR count). The molecule has 0 aliphatic carbocycles. The molecule has 0 bridgehead atoms. The Hall–Kier alpha value is -2.36. The van der Waals surface area contributed by atoms with Gasteiger partial charge in [-0.25, -0.2) is 4.79 Å². The van der Waals surface area contributed by atoms with E-state index < -0.39 is 11.5 Å². The summed E-state index contributed by atoms with van der Waals surface area (Å²) in [6, 6.07) is 12.9. The molecule has 0 radical (unpaired) electrons. The van der Waals surface area contributed by atoms with E-state index in [4.69, 9.17) is 0 Å². The van der Waals surface area contributed by atoms with Crippen molar-refractivity contribution in [2.24, 2.45) is 0 Å². The minimum atomic E-state index is -1.26. The van der Waals surface area contributed by atoms with E-state index >= 15 is 0 Å². The zero-order valence-electron chi connectivity index (χ0n) is 11.5. The van der Waals surface area contributed by atoms with Crippen LogP contribution in [0.4, 0.5) is 0 Å². The Bertz CT molecular complexity index is 660. The zero-order chi connectivity index (χ0) is 14.8. The number of fused-ring (bicyclic) bond motifs is 1. The molecule has 0 saturated carbocycles. The second kappa shape index (κ2) is 5.33. The topological polar surface area (TPSA) is 66.4 Å². The fourth-order valence-corrected chi connectivity index (χ4v) is 2.03. The van der Waals surface area contributed by atoms with Crippen molar-refractivity contribution in [2.75, 3.05) is 0 Å². The van der Waals surface area contributed by atoms with Gasteiger partial charge in [0.05, 0.1) is 0 Å². The minimum Gasteiger partial charge on any atom is -0.480 e. The van der Waals surface area contributed by atoms with E-state index in [2.05, 4.69) is 5.32 Å². The maximum absolute atomic E-state index is 12.4. The highest BCUT2D eigenvalue weighted by molar-refractivity contribution is 6.08. The molecular formula is C16H17NO3. The molecule has 0 heterocycles. The molecule has 4 nitrogen and oxygen atoms in total. The van der Waals surface area contributed by atoms with Crippen molar-refractivity contribution in [2.45, 2.75) is 25.8 Å². The molecule has 0 aromatic heterocycles. The van der Waals surface area contributed by atoms with E-state index in [0.29, 0.717) is 12.0 Å². The SMILES string of the molecule is CCC(C)(NC(=O)c1cccc2ccccc12)C(=O)O. The number of hydrogen-bond acceptors (Lipinski definition) is 2. The van der Waals surface area contributed by atoms with Crippen LogP contribution in [0.25, 0.3) is 10.8 Å². The van der Waals surface area contributed by atoms with E-state index in [1.165, 1.54) is 6.92 Å². The highest BCUT2D eigenvalue weighted by Gasteiger charge is 2.33. The standard InChI is InChI=1S/C16H17NO3/c1-3-16(2,15(19)20)17-14(18)13-10-6-8-11-7-4-5-9-12(11)13/h4-10H,3H2,1-2H3,(H,17,18)(H,19,20). The second-order valence-corrected chi connectivity index (χ2v) is 4.97. The van der Waals surface area contributed by atoms with Crippen molar-refractivity contribution in [3.05, 3.63) is 48.0 Å². The smallest absolute Gasteiger partial charge is 0.329 e. The van der Waals surface area contributed by atoms with Crippen molar-refractivity contribution in [1.29, 1.82) is 0 Å². The van der Waals surface area contributed by atoms with Crippen LogP contribution in [-0.2, 0) is 4.79 Å². The van der Waals surface area contributed by atoms with Gasteiger partial charge in [0.1, 0.15) is 5.54 Å². The van der Waals surface area contributed by atoms with E-state index in [0.717, 1.165) is 10.8 Å². The van der Waals surface area contributed by atoms with Gasteiger partial charge in [-0.05, 0) is 30.2 Å². The first-order valence-corrected chi connectivity index (χ1v) is 6.51. The van der Waals surface area contributed by atoms with Crippen LogP contribution < -0.4 is 5.32 Å². The minimum absolute atomic E-state index is 0.318. The van der Waals surface area contributed by atoms with Gasteiger partial charge in [-0.3, -0.25) is 4.79 Å². The second-order valence-electron chi connectivity index (χ2n) is 4.97. The van der Waals surface area contributed by atoms with Gasteiger partial charge in [-0.15, -0.1) is 0 Å². The summed E-state index contributed by atoms with van der Waals surface area (Å²) in [6.45, 7) is 3.25. The lowest BCUT2D eigenvalue weighted by molar-refractivity contribution is -0.143. The molecular weight excluding hydrogens is 254 g/mol.